The van der Waals surface area contributed by atoms with Crippen molar-refractivity contribution in [2.24, 2.45) is 5.92 Å². The summed E-state index contributed by atoms with van der Waals surface area (Å²) in [5.74, 6) is 0.248. The van der Waals surface area contributed by atoms with Gasteiger partial charge in [0, 0.05) is 18.3 Å². The van der Waals surface area contributed by atoms with Crippen LogP contribution in [0.15, 0.2) is 36.7 Å². The average molecular weight is 331 g/mol. The van der Waals surface area contributed by atoms with Gasteiger partial charge >= 0.3 is 0 Å². The minimum Gasteiger partial charge on any atom is -0.393 e. The van der Waals surface area contributed by atoms with E-state index in [-0.39, 0.29) is 11.9 Å². The molecule has 1 aliphatic rings. The quantitative estimate of drug-likeness (QED) is 0.764. The van der Waals surface area contributed by atoms with Gasteiger partial charge in [0.1, 0.15) is 5.82 Å². The summed E-state index contributed by atoms with van der Waals surface area (Å²) >= 11 is 0. The molecule has 0 spiro atoms. The van der Waals surface area contributed by atoms with Gasteiger partial charge < -0.3 is 10.4 Å². The van der Waals surface area contributed by atoms with Gasteiger partial charge in [-0.15, -0.1) is 0 Å². The van der Waals surface area contributed by atoms with Crippen LogP contribution in [0, 0.1) is 11.7 Å². The molecule has 0 saturated heterocycles. The number of halogens is 1. The van der Waals surface area contributed by atoms with E-state index >= 15 is 0 Å². The molecule has 1 aromatic carbocycles. The minimum atomic E-state index is -0.240. The molecular weight excluding hydrogens is 305 g/mol. The Morgan fingerprint density at radius 1 is 1.21 bits per heavy atom. The zero-order chi connectivity index (χ0) is 16.8. The summed E-state index contributed by atoms with van der Waals surface area (Å²) in [6, 6.07) is 6.31. The zero-order valence-electron chi connectivity index (χ0n) is 14.0. The van der Waals surface area contributed by atoms with Crippen LogP contribution in [-0.2, 0) is 6.54 Å². The van der Waals surface area contributed by atoms with Gasteiger partial charge in [0.2, 0.25) is 0 Å². The Morgan fingerprint density at radius 2 is 2.00 bits per heavy atom. The van der Waals surface area contributed by atoms with E-state index in [2.05, 4.69) is 10.4 Å². The molecule has 3 rings (SSSR count). The zero-order valence-corrected chi connectivity index (χ0v) is 14.0. The van der Waals surface area contributed by atoms with Crippen LogP contribution in [0.5, 0.6) is 0 Å². The molecule has 130 valence electrons. The first kappa shape index (κ1) is 17.1. The second-order valence-corrected chi connectivity index (χ2v) is 6.70. The Balaban J connectivity index is 1.39. The highest BCUT2D eigenvalue weighted by molar-refractivity contribution is 5.31. The molecule has 4 nitrogen and oxygen atoms in total. The van der Waals surface area contributed by atoms with Gasteiger partial charge in [0.25, 0.3) is 0 Å². The number of hydrogen-bond donors (Lipinski definition) is 2. The first-order valence-corrected chi connectivity index (χ1v) is 8.90. The molecule has 0 radical (unpaired) electrons. The molecule has 2 aromatic rings. The van der Waals surface area contributed by atoms with Gasteiger partial charge in [0.15, 0.2) is 0 Å². The number of hydrogen-bond acceptors (Lipinski definition) is 3. The summed E-state index contributed by atoms with van der Waals surface area (Å²) in [5.41, 5.74) is 1.96. The van der Waals surface area contributed by atoms with Crippen LogP contribution in [0.1, 0.15) is 44.1 Å². The summed E-state index contributed by atoms with van der Waals surface area (Å²) in [5, 5.41) is 17.7. The van der Waals surface area contributed by atoms with E-state index in [0.717, 1.165) is 43.6 Å². The normalized spacial score (nSPS) is 21.1. The number of aliphatic hydroxyl groups is 1. The molecule has 1 aliphatic carbocycles. The third-order valence-electron chi connectivity index (χ3n) is 4.85. The fourth-order valence-corrected chi connectivity index (χ4v) is 3.43. The van der Waals surface area contributed by atoms with Crippen molar-refractivity contribution >= 4 is 0 Å². The van der Waals surface area contributed by atoms with Crippen molar-refractivity contribution in [1.82, 2.24) is 15.1 Å². The van der Waals surface area contributed by atoms with Crippen molar-refractivity contribution < 1.29 is 9.50 Å². The van der Waals surface area contributed by atoms with Crippen molar-refractivity contribution in [3.63, 3.8) is 0 Å². The Hall–Kier alpha value is -1.72. The Morgan fingerprint density at radius 3 is 2.79 bits per heavy atom. The number of nitrogens with one attached hydrogen (secondary N) is 1. The third kappa shape index (κ3) is 4.65. The van der Waals surface area contributed by atoms with Gasteiger partial charge in [-0.05, 0) is 62.4 Å². The van der Waals surface area contributed by atoms with Crippen LogP contribution in [0.3, 0.4) is 0 Å². The first-order valence-electron chi connectivity index (χ1n) is 8.90. The minimum absolute atomic E-state index is 0.0901. The van der Waals surface area contributed by atoms with E-state index in [1.807, 2.05) is 12.4 Å². The smallest absolute Gasteiger partial charge is 0.123 e. The van der Waals surface area contributed by atoms with E-state index in [0.29, 0.717) is 5.92 Å². The molecule has 5 heteroatoms. The number of aliphatic hydroxyl groups excluding tert-OH is 1. The summed E-state index contributed by atoms with van der Waals surface area (Å²) in [7, 11) is 0. The lowest BCUT2D eigenvalue weighted by Gasteiger charge is -2.27. The van der Waals surface area contributed by atoms with Gasteiger partial charge in [-0.1, -0.05) is 12.8 Å². The van der Waals surface area contributed by atoms with Crippen LogP contribution in [0.4, 0.5) is 4.39 Å². The maximum absolute atomic E-state index is 13.0. The molecule has 1 heterocycles. The SMILES string of the molecule is OC1CCCCC1CCCNCc1cnn(-c2ccc(F)cc2)c1. The Kier molecular flexibility index (Phi) is 5.99. The molecule has 0 bridgehead atoms. The Labute approximate surface area is 142 Å². The maximum atomic E-state index is 13.0. The van der Waals surface area contributed by atoms with Crippen molar-refractivity contribution in [2.45, 2.75) is 51.2 Å². The fourth-order valence-electron chi connectivity index (χ4n) is 3.43. The van der Waals surface area contributed by atoms with Gasteiger partial charge in [-0.2, -0.15) is 5.10 Å². The highest BCUT2D eigenvalue weighted by Gasteiger charge is 2.21. The van der Waals surface area contributed by atoms with Crippen LogP contribution in [-0.4, -0.2) is 27.5 Å². The highest BCUT2D eigenvalue weighted by Crippen LogP contribution is 2.27. The third-order valence-corrected chi connectivity index (χ3v) is 4.85. The van der Waals surface area contributed by atoms with Gasteiger partial charge in [-0.3, -0.25) is 0 Å². The number of rotatable bonds is 7. The first-order chi connectivity index (χ1) is 11.7. The van der Waals surface area contributed by atoms with E-state index in [1.165, 1.54) is 31.4 Å². The number of nitrogens with zero attached hydrogens (tertiary/aromatic N) is 2. The highest BCUT2D eigenvalue weighted by atomic mass is 19.1. The summed E-state index contributed by atoms with van der Waals surface area (Å²) in [6.45, 7) is 1.72. The molecule has 0 aliphatic heterocycles. The molecule has 2 atom stereocenters. The summed E-state index contributed by atoms with van der Waals surface area (Å²) in [4.78, 5) is 0. The lowest BCUT2D eigenvalue weighted by Crippen LogP contribution is -2.25. The standard InChI is InChI=1S/C19H26FN3O/c20-17-7-9-18(10-8-17)23-14-15(13-22-23)12-21-11-3-5-16-4-1-2-6-19(16)24/h7-10,13-14,16,19,21,24H,1-6,11-12H2. The number of aromatic nitrogens is 2. The molecule has 1 fully saturated rings. The van der Waals surface area contributed by atoms with Crippen LogP contribution in [0.25, 0.3) is 5.69 Å². The summed E-state index contributed by atoms with van der Waals surface area (Å²) in [6.07, 6.45) is 10.5. The molecule has 0 amide bonds. The van der Waals surface area contributed by atoms with Crippen molar-refractivity contribution in [2.75, 3.05) is 6.54 Å². The van der Waals surface area contributed by atoms with E-state index in [9.17, 15) is 9.50 Å². The monoisotopic (exact) mass is 331 g/mol. The van der Waals surface area contributed by atoms with Crippen LogP contribution >= 0.6 is 0 Å². The molecule has 2 unspecified atom stereocenters. The van der Waals surface area contributed by atoms with Gasteiger partial charge in [0.05, 0.1) is 18.0 Å². The lowest BCUT2D eigenvalue weighted by atomic mass is 9.83. The predicted octanol–water partition coefficient (Wildman–Crippen LogP) is 3.43. The number of benzene rings is 1. The van der Waals surface area contributed by atoms with Crippen LogP contribution < -0.4 is 5.32 Å². The second kappa shape index (κ2) is 8.40. The molecule has 1 saturated carbocycles. The fraction of sp³-hybridized carbons (Fsp3) is 0.526. The Bertz CT molecular complexity index is 626. The molecular formula is C19H26FN3O. The molecule has 1 aromatic heterocycles. The average Bonchev–Trinajstić information content (AvgIpc) is 3.06. The largest absolute Gasteiger partial charge is 0.393 e. The van der Waals surface area contributed by atoms with E-state index < -0.39 is 0 Å². The van der Waals surface area contributed by atoms with E-state index in [1.54, 1.807) is 16.8 Å². The van der Waals surface area contributed by atoms with E-state index in [4.69, 9.17) is 0 Å². The van der Waals surface area contributed by atoms with Crippen molar-refractivity contribution in [3.8, 4) is 5.69 Å². The maximum Gasteiger partial charge on any atom is 0.123 e. The predicted molar refractivity (Wildman–Crippen MR) is 92.4 cm³/mol. The topological polar surface area (TPSA) is 50.1 Å². The molecule has 24 heavy (non-hydrogen) atoms. The second-order valence-electron chi connectivity index (χ2n) is 6.70. The summed E-state index contributed by atoms with van der Waals surface area (Å²) < 4.78 is 14.7. The van der Waals surface area contributed by atoms with Gasteiger partial charge in [-0.25, -0.2) is 9.07 Å². The van der Waals surface area contributed by atoms with Crippen LogP contribution in [0.2, 0.25) is 0 Å². The van der Waals surface area contributed by atoms with Crippen molar-refractivity contribution in [3.05, 3.63) is 48.0 Å². The molecule has 2 N–H and O–H groups in total. The van der Waals surface area contributed by atoms with Crippen molar-refractivity contribution in [1.29, 1.82) is 0 Å². The lowest BCUT2D eigenvalue weighted by molar-refractivity contribution is 0.0643.